The predicted molar refractivity (Wildman–Crippen MR) is 95.5 cm³/mol. The topological polar surface area (TPSA) is 66.4 Å². The van der Waals surface area contributed by atoms with E-state index in [4.69, 9.17) is 46.4 Å². The van der Waals surface area contributed by atoms with Gasteiger partial charge in [0.25, 0.3) is 5.91 Å². The van der Waals surface area contributed by atoms with E-state index < -0.39 is 17.9 Å². The Hall–Kier alpha value is -1.46. The zero-order chi connectivity index (χ0) is 17.9. The number of halogens is 4. The SMILES string of the molecule is O=C(NC(Cc1ccc(Cl)cc1Cl)C(=O)O)c1c(Cl)cccc1Cl. The molecule has 126 valence electrons. The summed E-state index contributed by atoms with van der Waals surface area (Å²) in [7, 11) is 0. The Balaban J connectivity index is 2.23. The summed E-state index contributed by atoms with van der Waals surface area (Å²) in [6.07, 6.45) is -0.0147. The lowest BCUT2D eigenvalue weighted by Crippen LogP contribution is -2.42. The molecule has 1 amide bonds. The van der Waals surface area contributed by atoms with Gasteiger partial charge >= 0.3 is 5.97 Å². The van der Waals surface area contributed by atoms with Crippen LogP contribution in [0.1, 0.15) is 15.9 Å². The Morgan fingerprint density at radius 3 is 2.17 bits per heavy atom. The Labute approximate surface area is 158 Å². The molecule has 0 heterocycles. The van der Waals surface area contributed by atoms with Crippen molar-refractivity contribution in [2.45, 2.75) is 12.5 Å². The molecule has 2 aromatic rings. The van der Waals surface area contributed by atoms with E-state index in [9.17, 15) is 14.7 Å². The van der Waals surface area contributed by atoms with Crippen molar-refractivity contribution in [3.63, 3.8) is 0 Å². The standard InChI is InChI=1S/C16H11Cl4NO3/c17-9-5-4-8(12(20)7-9)6-13(16(23)24)21-15(22)14-10(18)2-1-3-11(14)19/h1-5,7,13H,6H2,(H,21,22)(H,23,24). The number of hydrogen-bond acceptors (Lipinski definition) is 2. The molecule has 8 heteroatoms. The summed E-state index contributed by atoms with van der Waals surface area (Å²) in [5, 5.41) is 12.8. The van der Waals surface area contributed by atoms with Crippen LogP contribution in [0.3, 0.4) is 0 Å². The zero-order valence-corrected chi connectivity index (χ0v) is 15.0. The van der Waals surface area contributed by atoms with Gasteiger partial charge in [-0.3, -0.25) is 4.79 Å². The first-order valence-electron chi connectivity index (χ1n) is 6.71. The summed E-state index contributed by atoms with van der Waals surface area (Å²) in [5.41, 5.74) is 0.563. The van der Waals surface area contributed by atoms with Crippen molar-refractivity contribution in [1.29, 1.82) is 0 Å². The lowest BCUT2D eigenvalue weighted by atomic mass is 10.1. The fraction of sp³-hybridized carbons (Fsp3) is 0.125. The molecule has 0 saturated carbocycles. The molecule has 0 fully saturated rings. The average Bonchev–Trinajstić information content (AvgIpc) is 2.48. The van der Waals surface area contributed by atoms with Gasteiger partial charge in [-0.1, -0.05) is 58.5 Å². The Morgan fingerprint density at radius 2 is 1.62 bits per heavy atom. The van der Waals surface area contributed by atoms with Crippen LogP contribution in [-0.4, -0.2) is 23.0 Å². The van der Waals surface area contributed by atoms with Gasteiger partial charge in [0.1, 0.15) is 6.04 Å². The molecule has 0 radical (unpaired) electrons. The highest BCUT2D eigenvalue weighted by molar-refractivity contribution is 6.39. The van der Waals surface area contributed by atoms with Crippen LogP contribution in [-0.2, 0) is 11.2 Å². The van der Waals surface area contributed by atoms with Crippen LogP contribution in [0, 0.1) is 0 Å². The molecule has 0 aromatic heterocycles. The summed E-state index contributed by atoms with van der Waals surface area (Å²) < 4.78 is 0. The maximum Gasteiger partial charge on any atom is 0.326 e. The zero-order valence-electron chi connectivity index (χ0n) is 12.0. The van der Waals surface area contributed by atoms with Gasteiger partial charge < -0.3 is 10.4 Å². The van der Waals surface area contributed by atoms with E-state index in [0.717, 1.165) is 0 Å². The molecule has 0 spiro atoms. The summed E-state index contributed by atoms with van der Waals surface area (Å²) in [4.78, 5) is 23.8. The number of carboxylic acids is 1. The molecule has 0 aliphatic rings. The second kappa shape index (κ2) is 8.08. The molecule has 0 aliphatic heterocycles. The second-order valence-corrected chi connectivity index (χ2v) is 6.56. The van der Waals surface area contributed by atoms with Crippen LogP contribution >= 0.6 is 46.4 Å². The molecule has 1 unspecified atom stereocenters. The van der Waals surface area contributed by atoms with E-state index in [0.29, 0.717) is 15.6 Å². The van der Waals surface area contributed by atoms with Crippen molar-refractivity contribution in [3.8, 4) is 0 Å². The van der Waals surface area contributed by atoms with Crippen LogP contribution in [0.5, 0.6) is 0 Å². The number of carboxylic acid groups (broad SMARTS) is 1. The van der Waals surface area contributed by atoms with Crippen LogP contribution in [0.2, 0.25) is 20.1 Å². The predicted octanol–water partition coefficient (Wildman–Crippen LogP) is 4.73. The summed E-state index contributed by atoms with van der Waals surface area (Å²) in [6, 6.07) is 8.07. The number of hydrogen-bond donors (Lipinski definition) is 2. The molecule has 2 N–H and O–H groups in total. The van der Waals surface area contributed by atoms with E-state index in [1.54, 1.807) is 18.2 Å². The van der Waals surface area contributed by atoms with Crippen molar-refractivity contribution in [2.75, 3.05) is 0 Å². The molecular weight excluding hydrogens is 396 g/mol. The number of amides is 1. The van der Waals surface area contributed by atoms with Crippen molar-refractivity contribution < 1.29 is 14.7 Å². The Kier molecular flexibility index (Phi) is 6.35. The molecule has 2 aromatic carbocycles. The van der Waals surface area contributed by atoms with E-state index in [1.807, 2.05) is 0 Å². The molecular formula is C16H11Cl4NO3. The highest BCUT2D eigenvalue weighted by atomic mass is 35.5. The molecule has 1 atom stereocenters. The molecule has 4 nitrogen and oxygen atoms in total. The van der Waals surface area contributed by atoms with Crippen molar-refractivity contribution >= 4 is 58.3 Å². The number of carbonyl (C=O) groups is 2. The van der Waals surface area contributed by atoms with E-state index >= 15 is 0 Å². The summed E-state index contributed by atoms with van der Waals surface area (Å²) in [5.74, 6) is -1.89. The van der Waals surface area contributed by atoms with Gasteiger partial charge in [0.15, 0.2) is 0 Å². The van der Waals surface area contributed by atoms with Crippen molar-refractivity contribution in [2.24, 2.45) is 0 Å². The monoisotopic (exact) mass is 405 g/mol. The van der Waals surface area contributed by atoms with Crippen molar-refractivity contribution in [1.82, 2.24) is 5.32 Å². The van der Waals surface area contributed by atoms with Crippen LogP contribution in [0.4, 0.5) is 0 Å². The second-order valence-electron chi connectivity index (χ2n) is 4.90. The maximum absolute atomic E-state index is 12.3. The van der Waals surface area contributed by atoms with Crippen LogP contribution < -0.4 is 5.32 Å². The highest BCUT2D eigenvalue weighted by Crippen LogP contribution is 2.25. The van der Waals surface area contributed by atoms with Gasteiger partial charge in [-0.05, 0) is 29.8 Å². The molecule has 0 aliphatic carbocycles. The van der Waals surface area contributed by atoms with Gasteiger partial charge in [0.2, 0.25) is 0 Å². The van der Waals surface area contributed by atoms with E-state index in [2.05, 4.69) is 5.32 Å². The minimum Gasteiger partial charge on any atom is -0.480 e. The number of nitrogens with one attached hydrogen (secondary N) is 1. The molecule has 0 saturated heterocycles. The number of carbonyl (C=O) groups excluding carboxylic acids is 1. The molecule has 0 bridgehead atoms. The van der Waals surface area contributed by atoms with Crippen LogP contribution in [0.15, 0.2) is 36.4 Å². The summed E-state index contributed by atoms with van der Waals surface area (Å²) >= 11 is 23.8. The number of benzene rings is 2. The van der Waals surface area contributed by atoms with Gasteiger partial charge in [-0.15, -0.1) is 0 Å². The third-order valence-electron chi connectivity index (χ3n) is 3.23. The average molecular weight is 407 g/mol. The highest BCUT2D eigenvalue weighted by Gasteiger charge is 2.24. The third-order valence-corrected chi connectivity index (χ3v) is 4.45. The summed E-state index contributed by atoms with van der Waals surface area (Å²) in [6.45, 7) is 0. The van der Waals surface area contributed by atoms with Gasteiger partial charge in [0, 0.05) is 16.5 Å². The van der Waals surface area contributed by atoms with E-state index in [-0.39, 0.29) is 22.0 Å². The van der Waals surface area contributed by atoms with E-state index in [1.165, 1.54) is 18.2 Å². The lowest BCUT2D eigenvalue weighted by Gasteiger charge is -2.16. The van der Waals surface area contributed by atoms with Crippen molar-refractivity contribution in [3.05, 3.63) is 67.6 Å². The molecule has 2 rings (SSSR count). The first kappa shape index (κ1) is 18.9. The fourth-order valence-electron chi connectivity index (χ4n) is 2.05. The number of aliphatic carboxylic acids is 1. The minimum atomic E-state index is -1.21. The largest absolute Gasteiger partial charge is 0.480 e. The minimum absolute atomic E-state index is 0.0147. The normalized spacial score (nSPS) is 11.8. The number of rotatable bonds is 5. The molecule has 24 heavy (non-hydrogen) atoms. The maximum atomic E-state index is 12.3. The van der Waals surface area contributed by atoms with Gasteiger partial charge in [-0.25, -0.2) is 4.79 Å². The smallest absolute Gasteiger partial charge is 0.326 e. The van der Waals surface area contributed by atoms with Crippen LogP contribution in [0.25, 0.3) is 0 Å². The lowest BCUT2D eigenvalue weighted by molar-refractivity contribution is -0.139. The fourth-order valence-corrected chi connectivity index (χ4v) is 3.11. The third kappa shape index (κ3) is 4.54. The quantitative estimate of drug-likeness (QED) is 0.754. The Bertz CT molecular complexity index is 775. The Morgan fingerprint density at radius 1 is 1.00 bits per heavy atom. The first-order valence-corrected chi connectivity index (χ1v) is 8.22. The van der Waals surface area contributed by atoms with Gasteiger partial charge in [0.05, 0.1) is 15.6 Å². The van der Waals surface area contributed by atoms with Gasteiger partial charge in [-0.2, -0.15) is 0 Å². The first-order chi connectivity index (χ1) is 11.3.